The summed E-state index contributed by atoms with van der Waals surface area (Å²) in [5, 5.41) is 1.04. The molecule has 0 bridgehead atoms. The van der Waals surface area contributed by atoms with Gasteiger partial charge in [-0.05, 0) is 29.8 Å². The normalized spacial score (nSPS) is 11.1. The Kier molecular flexibility index (Phi) is 4.42. The Hall–Kier alpha value is -3.35. The van der Waals surface area contributed by atoms with Crippen LogP contribution in [-0.4, -0.2) is 19.5 Å². The van der Waals surface area contributed by atoms with Gasteiger partial charge in [-0.3, -0.25) is 9.78 Å². The Morgan fingerprint density at radius 2 is 1.69 bits per heavy atom. The fourth-order valence-corrected chi connectivity index (χ4v) is 3.92. The number of nitrogens with zero attached hydrogens (tertiary/aromatic N) is 4. The molecule has 5 nitrogen and oxygen atoms in total. The van der Waals surface area contributed by atoms with E-state index in [9.17, 15) is 4.79 Å². The number of thiazole rings is 1. The van der Waals surface area contributed by atoms with Crippen LogP contribution in [0.4, 0.5) is 0 Å². The van der Waals surface area contributed by atoms with E-state index in [-0.39, 0.29) is 5.56 Å². The van der Waals surface area contributed by atoms with Crippen LogP contribution in [0, 0.1) is 0 Å². The van der Waals surface area contributed by atoms with Crippen LogP contribution in [0.2, 0.25) is 5.02 Å². The quantitative estimate of drug-likeness (QED) is 0.404. The van der Waals surface area contributed by atoms with E-state index < -0.39 is 0 Å². The van der Waals surface area contributed by atoms with Crippen LogP contribution in [0.1, 0.15) is 0 Å². The molecule has 0 aliphatic heterocycles. The van der Waals surface area contributed by atoms with Crippen molar-refractivity contribution >= 4 is 33.8 Å². The maximum absolute atomic E-state index is 13.3. The molecule has 0 radical (unpaired) electrons. The molecule has 5 aromatic rings. The number of rotatable bonds is 3. The summed E-state index contributed by atoms with van der Waals surface area (Å²) < 4.78 is 1.53. The number of fused-ring (bicyclic) bond motifs is 1. The van der Waals surface area contributed by atoms with Gasteiger partial charge >= 0.3 is 0 Å². The summed E-state index contributed by atoms with van der Waals surface area (Å²) in [5.74, 6) is 0.999. The van der Waals surface area contributed by atoms with Gasteiger partial charge in [-0.2, -0.15) is 0 Å². The maximum atomic E-state index is 13.3. The van der Waals surface area contributed by atoms with Gasteiger partial charge in [0.25, 0.3) is 5.56 Å². The van der Waals surface area contributed by atoms with E-state index in [1.165, 1.54) is 10.8 Å². The van der Waals surface area contributed by atoms with Crippen molar-refractivity contribution in [1.29, 1.82) is 0 Å². The average Bonchev–Trinajstić information content (AvgIpc) is 3.30. The molecule has 0 fully saturated rings. The number of para-hydroxylation sites is 1. The van der Waals surface area contributed by atoms with Crippen molar-refractivity contribution in [3.63, 3.8) is 0 Å². The predicted octanol–water partition coefficient (Wildman–Crippen LogP) is 5.22. The van der Waals surface area contributed by atoms with E-state index in [2.05, 4.69) is 9.97 Å². The number of benzene rings is 2. The average molecular weight is 417 g/mol. The molecule has 0 spiro atoms. The molecule has 0 saturated heterocycles. The lowest BCUT2D eigenvalue weighted by Crippen LogP contribution is -2.22. The minimum Gasteiger partial charge on any atom is -0.268 e. The van der Waals surface area contributed by atoms with Crippen LogP contribution in [0.25, 0.3) is 38.5 Å². The van der Waals surface area contributed by atoms with Crippen molar-refractivity contribution in [3.05, 3.63) is 93.9 Å². The fourth-order valence-electron chi connectivity index (χ4n) is 3.18. The highest BCUT2D eigenvalue weighted by Crippen LogP contribution is 2.27. The van der Waals surface area contributed by atoms with Gasteiger partial charge in [0.2, 0.25) is 0 Å². The first kappa shape index (κ1) is 17.7. The summed E-state index contributed by atoms with van der Waals surface area (Å²) >= 11 is 7.57. The van der Waals surface area contributed by atoms with Crippen molar-refractivity contribution in [1.82, 2.24) is 19.5 Å². The Bertz CT molecular complexity index is 1360. The lowest BCUT2D eigenvalue weighted by atomic mass is 10.1. The summed E-state index contributed by atoms with van der Waals surface area (Å²) in [4.78, 5) is 27.6. The molecule has 0 unspecified atom stereocenters. The topological polar surface area (TPSA) is 60.7 Å². The van der Waals surface area contributed by atoms with Gasteiger partial charge in [0.15, 0.2) is 0 Å². The van der Waals surface area contributed by atoms with Gasteiger partial charge in [-0.1, -0.05) is 48.0 Å². The second kappa shape index (κ2) is 7.24. The molecule has 0 aliphatic carbocycles. The largest absolute Gasteiger partial charge is 0.268 e. The Morgan fingerprint density at radius 3 is 2.41 bits per heavy atom. The van der Waals surface area contributed by atoms with Crippen LogP contribution in [-0.2, 0) is 0 Å². The van der Waals surface area contributed by atoms with Crippen molar-refractivity contribution in [3.8, 4) is 27.6 Å². The van der Waals surface area contributed by atoms with Crippen molar-refractivity contribution in [2.75, 3.05) is 0 Å². The lowest BCUT2D eigenvalue weighted by molar-refractivity contribution is 0.932. The molecule has 7 heteroatoms. The van der Waals surface area contributed by atoms with Crippen LogP contribution >= 0.6 is 22.9 Å². The smallest absolute Gasteiger partial charge is 0.267 e. The summed E-state index contributed by atoms with van der Waals surface area (Å²) in [6.07, 6.45) is 3.36. The van der Waals surface area contributed by atoms with E-state index in [4.69, 9.17) is 16.6 Å². The third-order valence-corrected chi connectivity index (χ3v) is 5.62. The SMILES string of the molecule is O=c1c2ccccc2nc(-c2ccc(-c3cncs3)cc2)n1-c1ccc(Cl)cn1. The third kappa shape index (κ3) is 3.22. The molecule has 0 saturated carbocycles. The number of hydrogen-bond donors (Lipinski definition) is 0. The molecular weight excluding hydrogens is 404 g/mol. The second-order valence-electron chi connectivity index (χ2n) is 6.37. The molecule has 0 amide bonds. The zero-order chi connectivity index (χ0) is 19.8. The molecule has 0 aliphatic rings. The molecule has 3 heterocycles. The highest BCUT2D eigenvalue weighted by molar-refractivity contribution is 7.13. The minimum absolute atomic E-state index is 0.174. The van der Waals surface area contributed by atoms with Crippen molar-refractivity contribution in [2.45, 2.75) is 0 Å². The fraction of sp³-hybridized carbons (Fsp3) is 0. The zero-order valence-electron chi connectivity index (χ0n) is 15.0. The van der Waals surface area contributed by atoms with Crippen molar-refractivity contribution < 1.29 is 0 Å². The molecule has 2 aromatic carbocycles. The summed E-state index contributed by atoms with van der Waals surface area (Å²) in [7, 11) is 0. The number of pyridine rings is 1. The van der Waals surface area contributed by atoms with Gasteiger partial charge in [0.1, 0.15) is 11.6 Å². The third-order valence-electron chi connectivity index (χ3n) is 4.58. The van der Waals surface area contributed by atoms with Crippen LogP contribution in [0.3, 0.4) is 0 Å². The van der Waals surface area contributed by atoms with E-state index in [1.54, 1.807) is 35.0 Å². The van der Waals surface area contributed by atoms with Gasteiger partial charge in [0.05, 0.1) is 26.3 Å². The standard InChI is InChI=1S/C22H13ClN4OS/c23-16-9-10-20(25-11-16)27-21(26-18-4-2-1-3-17(18)22(27)28)15-7-5-14(6-8-15)19-12-24-13-29-19/h1-13H. The molecular formula is C22H13ClN4OS. The number of halogens is 1. The first-order chi connectivity index (χ1) is 14.2. The number of hydrogen-bond acceptors (Lipinski definition) is 5. The highest BCUT2D eigenvalue weighted by atomic mass is 35.5. The monoisotopic (exact) mass is 416 g/mol. The van der Waals surface area contributed by atoms with E-state index >= 15 is 0 Å². The van der Waals surface area contributed by atoms with Gasteiger partial charge in [0, 0.05) is 18.0 Å². The maximum Gasteiger partial charge on any atom is 0.267 e. The molecule has 0 atom stereocenters. The predicted molar refractivity (Wildman–Crippen MR) is 117 cm³/mol. The highest BCUT2D eigenvalue weighted by Gasteiger charge is 2.15. The molecule has 29 heavy (non-hydrogen) atoms. The van der Waals surface area contributed by atoms with Crippen molar-refractivity contribution in [2.24, 2.45) is 0 Å². The molecule has 5 rings (SSSR count). The van der Waals surface area contributed by atoms with E-state index in [1.807, 2.05) is 48.7 Å². The first-order valence-electron chi connectivity index (χ1n) is 8.84. The number of aromatic nitrogens is 4. The van der Waals surface area contributed by atoms with E-state index in [0.717, 1.165) is 16.0 Å². The van der Waals surface area contributed by atoms with Gasteiger partial charge in [-0.15, -0.1) is 11.3 Å². The first-order valence-corrected chi connectivity index (χ1v) is 10.1. The summed E-state index contributed by atoms with van der Waals surface area (Å²) in [6, 6.07) is 18.7. The summed E-state index contributed by atoms with van der Waals surface area (Å²) in [6.45, 7) is 0. The zero-order valence-corrected chi connectivity index (χ0v) is 16.6. The van der Waals surface area contributed by atoms with Crippen LogP contribution in [0.5, 0.6) is 0 Å². The summed E-state index contributed by atoms with van der Waals surface area (Å²) in [5.41, 5.74) is 4.16. The van der Waals surface area contributed by atoms with Gasteiger partial charge in [-0.25, -0.2) is 14.5 Å². The Balaban J connectivity index is 1.75. The van der Waals surface area contributed by atoms with Crippen LogP contribution in [0.15, 0.2) is 83.4 Å². The molecule has 3 aromatic heterocycles. The Morgan fingerprint density at radius 1 is 0.897 bits per heavy atom. The molecule has 0 N–H and O–H groups in total. The van der Waals surface area contributed by atoms with E-state index in [0.29, 0.717) is 27.6 Å². The van der Waals surface area contributed by atoms with Gasteiger partial charge < -0.3 is 0 Å². The minimum atomic E-state index is -0.174. The Labute approximate surface area is 174 Å². The molecule has 140 valence electrons. The lowest BCUT2D eigenvalue weighted by Gasteiger charge is -2.13. The van der Waals surface area contributed by atoms with Crippen LogP contribution < -0.4 is 5.56 Å². The second-order valence-corrected chi connectivity index (χ2v) is 7.69.